The van der Waals surface area contributed by atoms with E-state index in [1.165, 1.54) is 12.1 Å². The Bertz CT molecular complexity index is 504. The molecule has 1 rings (SSSR count). The predicted octanol–water partition coefficient (Wildman–Crippen LogP) is 2.78. The molecule has 0 heterocycles. The first-order valence-electron chi connectivity index (χ1n) is 5.59. The van der Waals surface area contributed by atoms with E-state index in [1.807, 2.05) is 0 Å². The Morgan fingerprint density at radius 2 is 1.89 bits per heavy atom. The SMILES string of the molecule is CN(c1ccc(C#N)c(C(F)(F)F)c1)C(C)(C)CO. The molecule has 0 saturated heterocycles. The molecule has 1 N–H and O–H groups in total. The molecule has 0 aromatic heterocycles. The number of hydrogen-bond donors (Lipinski definition) is 1. The number of alkyl halides is 3. The number of nitriles is 1. The zero-order valence-corrected chi connectivity index (χ0v) is 10.9. The highest BCUT2D eigenvalue weighted by atomic mass is 19.4. The molecule has 0 aliphatic carbocycles. The summed E-state index contributed by atoms with van der Waals surface area (Å²) in [5, 5.41) is 18.0. The van der Waals surface area contributed by atoms with E-state index in [-0.39, 0.29) is 6.61 Å². The highest BCUT2D eigenvalue weighted by molar-refractivity contribution is 5.55. The van der Waals surface area contributed by atoms with Gasteiger partial charge in [-0.1, -0.05) is 0 Å². The molecule has 104 valence electrons. The second-order valence-corrected chi connectivity index (χ2v) is 4.87. The minimum Gasteiger partial charge on any atom is -0.394 e. The van der Waals surface area contributed by atoms with Crippen molar-refractivity contribution in [1.29, 1.82) is 5.26 Å². The Morgan fingerprint density at radius 3 is 2.32 bits per heavy atom. The topological polar surface area (TPSA) is 47.3 Å². The van der Waals surface area contributed by atoms with Gasteiger partial charge in [0.25, 0.3) is 0 Å². The summed E-state index contributed by atoms with van der Waals surface area (Å²) in [7, 11) is 1.59. The second-order valence-electron chi connectivity index (χ2n) is 4.87. The first-order valence-corrected chi connectivity index (χ1v) is 5.59. The van der Waals surface area contributed by atoms with Crippen molar-refractivity contribution in [2.45, 2.75) is 25.6 Å². The maximum Gasteiger partial charge on any atom is 0.417 e. The average molecular weight is 272 g/mol. The van der Waals surface area contributed by atoms with Crippen molar-refractivity contribution >= 4 is 5.69 Å². The first-order chi connectivity index (χ1) is 8.63. The molecule has 0 fully saturated rings. The molecule has 0 saturated carbocycles. The molecule has 0 aliphatic rings. The fraction of sp³-hybridized carbons (Fsp3) is 0.462. The number of benzene rings is 1. The number of anilines is 1. The number of aliphatic hydroxyl groups excluding tert-OH is 1. The third kappa shape index (κ3) is 3.18. The average Bonchev–Trinajstić information content (AvgIpc) is 2.36. The van der Waals surface area contributed by atoms with Crippen molar-refractivity contribution < 1.29 is 18.3 Å². The number of aliphatic hydroxyl groups is 1. The van der Waals surface area contributed by atoms with E-state index in [0.29, 0.717) is 5.69 Å². The van der Waals surface area contributed by atoms with Crippen molar-refractivity contribution in [2.24, 2.45) is 0 Å². The lowest BCUT2D eigenvalue weighted by Crippen LogP contribution is -2.44. The number of hydrogen-bond acceptors (Lipinski definition) is 3. The summed E-state index contributed by atoms with van der Waals surface area (Å²) >= 11 is 0. The summed E-state index contributed by atoms with van der Waals surface area (Å²) < 4.78 is 38.5. The molecule has 0 spiro atoms. The molecular weight excluding hydrogens is 257 g/mol. The molecule has 0 unspecified atom stereocenters. The van der Waals surface area contributed by atoms with Gasteiger partial charge in [0.05, 0.1) is 29.3 Å². The lowest BCUT2D eigenvalue weighted by Gasteiger charge is -2.36. The fourth-order valence-corrected chi connectivity index (χ4v) is 1.53. The van der Waals surface area contributed by atoms with Gasteiger partial charge in [-0.2, -0.15) is 18.4 Å². The van der Waals surface area contributed by atoms with Crippen molar-refractivity contribution in [3.8, 4) is 6.07 Å². The van der Waals surface area contributed by atoms with Crippen LogP contribution in [0.5, 0.6) is 0 Å². The predicted molar refractivity (Wildman–Crippen MR) is 65.7 cm³/mol. The van der Waals surface area contributed by atoms with Crippen molar-refractivity contribution in [2.75, 3.05) is 18.6 Å². The molecule has 0 atom stereocenters. The van der Waals surface area contributed by atoms with Gasteiger partial charge >= 0.3 is 6.18 Å². The lowest BCUT2D eigenvalue weighted by atomic mass is 10.0. The van der Waals surface area contributed by atoms with Crippen LogP contribution in [0, 0.1) is 11.3 Å². The zero-order valence-electron chi connectivity index (χ0n) is 10.9. The molecule has 0 radical (unpaired) electrons. The van der Waals surface area contributed by atoms with Gasteiger partial charge < -0.3 is 10.0 Å². The van der Waals surface area contributed by atoms with Crippen LogP contribution in [0.3, 0.4) is 0 Å². The Morgan fingerprint density at radius 1 is 1.32 bits per heavy atom. The maximum absolute atomic E-state index is 12.8. The van der Waals surface area contributed by atoms with Gasteiger partial charge in [-0.3, -0.25) is 0 Å². The Hall–Kier alpha value is -1.74. The fourth-order valence-electron chi connectivity index (χ4n) is 1.53. The van der Waals surface area contributed by atoms with Crippen molar-refractivity contribution in [3.63, 3.8) is 0 Å². The monoisotopic (exact) mass is 272 g/mol. The Labute approximate surface area is 109 Å². The zero-order chi connectivity index (χ0) is 14.8. The van der Waals surface area contributed by atoms with E-state index in [4.69, 9.17) is 5.26 Å². The van der Waals surface area contributed by atoms with E-state index in [0.717, 1.165) is 12.1 Å². The summed E-state index contributed by atoms with van der Waals surface area (Å²) in [6, 6.07) is 5.04. The van der Waals surface area contributed by atoms with Crippen LogP contribution < -0.4 is 4.90 Å². The van der Waals surface area contributed by atoms with Crippen molar-refractivity contribution in [1.82, 2.24) is 0 Å². The van der Waals surface area contributed by atoms with Crippen LogP contribution in [0.2, 0.25) is 0 Å². The normalized spacial score (nSPS) is 12.1. The van der Waals surface area contributed by atoms with Gasteiger partial charge in [-0.25, -0.2) is 0 Å². The molecule has 19 heavy (non-hydrogen) atoms. The number of nitrogens with zero attached hydrogens (tertiary/aromatic N) is 2. The van der Waals surface area contributed by atoms with E-state index in [1.54, 1.807) is 25.8 Å². The molecule has 6 heteroatoms. The summed E-state index contributed by atoms with van der Waals surface area (Å²) in [6.07, 6.45) is -4.58. The Balaban J connectivity index is 3.31. The summed E-state index contributed by atoms with van der Waals surface area (Å²) in [5.41, 5.74) is -1.78. The van der Waals surface area contributed by atoms with E-state index < -0.39 is 22.8 Å². The van der Waals surface area contributed by atoms with Crippen LogP contribution in [0.4, 0.5) is 18.9 Å². The van der Waals surface area contributed by atoms with Crippen LogP contribution in [-0.4, -0.2) is 24.3 Å². The van der Waals surface area contributed by atoms with Gasteiger partial charge in [0.15, 0.2) is 0 Å². The molecule has 1 aromatic rings. The third-order valence-electron chi connectivity index (χ3n) is 3.11. The standard InChI is InChI=1S/C13H15F3N2O/c1-12(2,8-19)18(3)10-5-4-9(7-17)11(6-10)13(14,15)16/h4-6,19H,8H2,1-3H3. The number of rotatable bonds is 3. The molecule has 3 nitrogen and oxygen atoms in total. The van der Waals surface area contributed by atoms with Crippen LogP contribution in [0.1, 0.15) is 25.0 Å². The number of likely N-dealkylation sites (N-methyl/N-ethyl adjacent to an activating group) is 1. The minimum atomic E-state index is -4.58. The third-order valence-corrected chi connectivity index (χ3v) is 3.11. The highest BCUT2D eigenvalue weighted by Crippen LogP contribution is 2.35. The van der Waals surface area contributed by atoms with Crippen LogP contribution >= 0.6 is 0 Å². The second kappa shape index (κ2) is 5.10. The molecular formula is C13H15F3N2O. The molecule has 1 aromatic carbocycles. The summed E-state index contributed by atoms with van der Waals surface area (Å²) in [4.78, 5) is 1.55. The maximum atomic E-state index is 12.8. The quantitative estimate of drug-likeness (QED) is 0.920. The molecule has 0 bridgehead atoms. The van der Waals surface area contributed by atoms with Gasteiger partial charge in [0.2, 0.25) is 0 Å². The van der Waals surface area contributed by atoms with Gasteiger partial charge in [-0.05, 0) is 32.0 Å². The first kappa shape index (κ1) is 15.3. The smallest absolute Gasteiger partial charge is 0.394 e. The highest BCUT2D eigenvalue weighted by Gasteiger charge is 2.35. The van der Waals surface area contributed by atoms with E-state index in [2.05, 4.69) is 0 Å². The van der Waals surface area contributed by atoms with Crippen LogP contribution in [-0.2, 0) is 6.18 Å². The summed E-state index contributed by atoms with van der Waals surface area (Å²) in [6.45, 7) is 3.21. The van der Waals surface area contributed by atoms with Crippen molar-refractivity contribution in [3.05, 3.63) is 29.3 Å². The van der Waals surface area contributed by atoms with E-state index >= 15 is 0 Å². The number of halogens is 3. The van der Waals surface area contributed by atoms with Gasteiger partial charge in [-0.15, -0.1) is 0 Å². The molecule has 0 amide bonds. The van der Waals surface area contributed by atoms with Crippen LogP contribution in [0.15, 0.2) is 18.2 Å². The Kier molecular flexibility index (Phi) is 4.11. The largest absolute Gasteiger partial charge is 0.417 e. The van der Waals surface area contributed by atoms with Gasteiger partial charge in [0, 0.05) is 12.7 Å². The minimum absolute atomic E-state index is 0.204. The van der Waals surface area contributed by atoms with Gasteiger partial charge in [0.1, 0.15) is 0 Å². The van der Waals surface area contributed by atoms with E-state index in [9.17, 15) is 18.3 Å². The lowest BCUT2D eigenvalue weighted by molar-refractivity contribution is -0.137. The van der Waals surface area contributed by atoms with Crippen LogP contribution in [0.25, 0.3) is 0 Å². The molecule has 0 aliphatic heterocycles. The summed E-state index contributed by atoms with van der Waals surface area (Å²) in [5.74, 6) is 0.